The lowest BCUT2D eigenvalue weighted by molar-refractivity contribution is -0.146. The Balaban J connectivity index is 6.34. The molecule has 0 unspecified atom stereocenters. The molecule has 25 heavy (non-hydrogen) atoms. The molecule has 6 heteroatoms. The number of ether oxygens (including phenoxy) is 2. The Morgan fingerprint density at radius 1 is 0.800 bits per heavy atom. The van der Waals surface area contributed by atoms with E-state index >= 15 is 0 Å². The first-order valence-electron chi connectivity index (χ1n) is 8.41. The molecular weight excluding hydrogens is 324 g/mol. The van der Waals surface area contributed by atoms with Crippen LogP contribution in [0.4, 0.5) is 0 Å². The van der Waals surface area contributed by atoms with Crippen LogP contribution in [0.2, 0.25) is 0 Å². The maximum Gasteiger partial charge on any atom is 0.335 e. The number of ketones is 2. The number of esters is 2. The van der Waals surface area contributed by atoms with Crippen LogP contribution in [0.1, 0.15) is 55.4 Å². The van der Waals surface area contributed by atoms with E-state index in [0.717, 1.165) is 6.08 Å². The van der Waals surface area contributed by atoms with Gasteiger partial charge in [0, 0.05) is 16.9 Å². The number of Topliss-reactive ketones (excluding diaryl/α,β-unsaturated/α-hetero) is 2. The second-order valence-electron chi connectivity index (χ2n) is 7.73. The van der Waals surface area contributed by atoms with E-state index in [1.807, 2.05) is 0 Å². The minimum atomic E-state index is -1.39. The Kier molecular flexibility index (Phi) is 8.22. The molecule has 0 spiro atoms. The van der Waals surface area contributed by atoms with Crippen molar-refractivity contribution < 1.29 is 28.7 Å². The average Bonchev–Trinajstić information content (AvgIpc) is 2.44. The Morgan fingerprint density at radius 3 is 1.52 bits per heavy atom. The van der Waals surface area contributed by atoms with Crippen molar-refractivity contribution in [1.82, 2.24) is 0 Å². The quantitative estimate of drug-likeness (QED) is 0.397. The highest BCUT2D eigenvalue weighted by Crippen LogP contribution is 2.32. The highest BCUT2D eigenvalue weighted by molar-refractivity contribution is 6.15. The van der Waals surface area contributed by atoms with Crippen molar-refractivity contribution in [2.24, 2.45) is 16.7 Å². The summed E-state index contributed by atoms with van der Waals surface area (Å²) in [6, 6.07) is 0. The topological polar surface area (TPSA) is 86.7 Å². The molecule has 6 nitrogen and oxygen atoms in total. The molecular formula is C19H30O6. The first-order chi connectivity index (χ1) is 11.3. The molecule has 0 fully saturated rings. The van der Waals surface area contributed by atoms with Crippen LogP contribution in [0.3, 0.4) is 0 Å². The van der Waals surface area contributed by atoms with E-state index in [9.17, 15) is 19.2 Å². The van der Waals surface area contributed by atoms with Gasteiger partial charge in [-0.1, -0.05) is 41.5 Å². The van der Waals surface area contributed by atoms with Gasteiger partial charge < -0.3 is 9.47 Å². The summed E-state index contributed by atoms with van der Waals surface area (Å²) in [5.74, 6) is -3.94. The van der Waals surface area contributed by atoms with Crippen LogP contribution in [0.25, 0.3) is 0 Å². The van der Waals surface area contributed by atoms with Crippen molar-refractivity contribution in [1.29, 1.82) is 0 Å². The van der Waals surface area contributed by atoms with Crippen molar-refractivity contribution in [2.45, 2.75) is 55.4 Å². The van der Waals surface area contributed by atoms with Crippen LogP contribution in [0.15, 0.2) is 11.6 Å². The van der Waals surface area contributed by atoms with E-state index in [1.54, 1.807) is 55.4 Å². The molecule has 0 aromatic heterocycles. The first-order valence-corrected chi connectivity index (χ1v) is 8.41. The number of rotatable bonds is 7. The van der Waals surface area contributed by atoms with Crippen molar-refractivity contribution >= 4 is 23.5 Å². The predicted molar refractivity (Wildman–Crippen MR) is 93.8 cm³/mol. The number of carbonyl (C=O) groups excluding carboxylic acids is 4. The zero-order chi connectivity index (χ0) is 20.0. The molecule has 0 radical (unpaired) electrons. The monoisotopic (exact) mass is 354 g/mol. The maximum atomic E-state index is 12.9. The van der Waals surface area contributed by atoms with Crippen LogP contribution >= 0.6 is 0 Å². The average molecular weight is 354 g/mol. The van der Waals surface area contributed by atoms with Crippen molar-refractivity contribution in [2.75, 3.05) is 13.2 Å². The fourth-order valence-electron chi connectivity index (χ4n) is 2.05. The van der Waals surface area contributed by atoms with Gasteiger partial charge in [0.15, 0.2) is 11.6 Å². The first kappa shape index (κ1) is 23.0. The van der Waals surface area contributed by atoms with Gasteiger partial charge in [-0.25, -0.2) is 9.59 Å². The molecule has 0 N–H and O–H groups in total. The van der Waals surface area contributed by atoms with Crippen LogP contribution in [0.5, 0.6) is 0 Å². The van der Waals surface area contributed by atoms with E-state index in [1.165, 1.54) is 0 Å². The molecule has 0 rings (SSSR count). The molecule has 0 aliphatic carbocycles. The summed E-state index contributed by atoms with van der Waals surface area (Å²) in [5.41, 5.74) is -2.04. The number of hydrogen-bond acceptors (Lipinski definition) is 6. The largest absolute Gasteiger partial charge is 0.463 e. The maximum absolute atomic E-state index is 12.9. The Hall–Kier alpha value is -1.98. The predicted octanol–water partition coefficient (Wildman–Crippen LogP) is 2.89. The molecule has 0 atom stereocenters. The highest BCUT2D eigenvalue weighted by Gasteiger charge is 2.44. The molecule has 0 bridgehead atoms. The molecule has 0 heterocycles. The van der Waals surface area contributed by atoms with Crippen LogP contribution in [0, 0.1) is 16.7 Å². The standard InChI is InChI=1S/C19H30O6/c1-9-24-13(20)11-12(17(23)25-10-2)14(15(21)18(3,4)5)16(22)19(6,7)8/h11,14H,9-10H2,1-8H3/b12-11+. The minimum Gasteiger partial charge on any atom is -0.463 e. The van der Waals surface area contributed by atoms with E-state index in [0.29, 0.717) is 0 Å². The highest BCUT2D eigenvalue weighted by atomic mass is 16.5. The van der Waals surface area contributed by atoms with E-state index in [4.69, 9.17) is 9.47 Å². The van der Waals surface area contributed by atoms with Crippen molar-refractivity contribution in [3.8, 4) is 0 Å². The Labute approximate surface area is 149 Å². The lowest BCUT2D eigenvalue weighted by Gasteiger charge is -2.29. The lowest BCUT2D eigenvalue weighted by Crippen LogP contribution is -2.42. The molecule has 142 valence electrons. The summed E-state index contributed by atoms with van der Waals surface area (Å²) >= 11 is 0. The van der Waals surface area contributed by atoms with Gasteiger partial charge in [0.1, 0.15) is 5.92 Å². The third-order valence-corrected chi connectivity index (χ3v) is 3.38. The van der Waals surface area contributed by atoms with Gasteiger partial charge in [-0.2, -0.15) is 0 Å². The van der Waals surface area contributed by atoms with Gasteiger partial charge in [-0.05, 0) is 13.8 Å². The Bertz CT molecular complexity index is 531. The molecule has 0 aliphatic rings. The van der Waals surface area contributed by atoms with Gasteiger partial charge in [-0.3, -0.25) is 9.59 Å². The summed E-state index contributed by atoms with van der Waals surface area (Å²) in [7, 11) is 0. The second kappa shape index (κ2) is 8.92. The Morgan fingerprint density at radius 2 is 1.20 bits per heavy atom. The third-order valence-electron chi connectivity index (χ3n) is 3.38. The molecule has 0 aromatic rings. The fourth-order valence-corrected chi connectivity index (χ4v) is 2.05. The summed E-state index contributed by atoms with van der Waals surface area (Å²) in [6.45, 7) is 13.3. The van der Waals surface area contributed by atoms with Gasteiger partial charge in [0.05, 0.1) is 18.8 Å². The number of carbonyl (C=O) groups is 4. The molecule has 0 saturated carbocycles. The van der Waals surface area contributed by atoms with Crippen LogP contribution < -0.4 is 0 Å². The summed E-state index contributed by atoms with van der Waals surface area (Å²) in [6.07, 6.45) is 0.902. The van der Waals surface area contributed by atoms with Gasteiger partial charge in [0.25, 0.3) is 0 Å². The van der Waals surface area contributed by atoms with E-state index in [-0.39, 0.29) is 18.8 Å². The fraction of sp³-hybridized carbons (Fsp3) is 0.684. The normalized spacial score (nSPS) is 12.8. The molecule has 0 aliphatic heterocycles. The van der Waals surface area contributed by atoms with E-state index < -0.39 is 40.3 Å². The van der Waals surface area contributed by atoms with E-state index in [2.05, 4.69) is 0 Å². The SMILES string of the molecule is CCOC(=O)/C=C(/C(=O)OCC)C(C(=O)C(C)(C)C)C(=O)C(C)(C)C. The minimum absolute atomic E-state index is 0.0547. The van der Waals surface area contributed by atoms with Gasteiger partial charge in [0.2, 0.25) is 0 Å². The smallest absolute Gasteiger partial charge is 0.335 e. The van der Waals surface area contributed by atoms with Gasteiger partial charge >= 0.3 is 11.9 Å². The van der Waals surface area contributed by atoms with Crippen LogP contribution in [-0.2, 0) is 28.7 Å². The lowest BCUT2D eigenvalue weighted by atomic mass is 9.71. The second-order valence-corrected chi connectivity index (χ2v) is 7.73. The third kappa shape index (κ3) is 6.80. The molecule has 0 amide bonds. The van der Waals surface area contributed by atoms with Crippen molar-refractivity contribution in [3.63, 3.8) is 0 Å². The summed E-state index contributed by atoms with van der Waals surface area (Å²) in [5, 5.41) is 0. The van der Waals surface area contributed by atoms with Gasteiger partial charge in [-0.15, -0.1) is 0 Å². The zero-order valence-corrected chi connectivity index (χ0v) is 16.5. The zero-order valence-electron chi connectivity index (χ0n) is 16.5. The summed E-state index contributed by atoms with van der Waals surface area (Å²) < 4.78 is 9.81. The van der Waals surface area contributed by atoms with Crippen LogP contribution in [-0.4, -0.2) is 36.7 Å². The molecule has 0 saturated heterocycles. The number of hydrogen-bond donors (Lipinski definition) is 0. The summed E-state index contributed by atoms with van der Waals surface area (Å²) in [4.78, 5) is 50.1. The molecule has 0 aromatic carbocycles. The van der Waals surface area contributed by atoms with Crippen molar-refractivity contribution in [3.05, 3.63) is 11.6 Å².